The molecule has 0 fully saturated rings. The lowest BCUT2D eigenvalue weighted by Gasteiger charge is -2.24. The number of hydrogen-bond acceptors (Lipinski definition) is 3. The van der Waals surface area contributed by atoms with E-state index in [1.165, 1.54) is 0 Å². The van der Waals surface area contributed by atoms with E-state index in [0.29, 0.717) is 0 Å². The van der Waals surface area contributed by atoms with Gasteiger partial charge in [0.05, 0.1) is 0 Å². The summed E-state index contributed by atoms with van der Waals surface area (Å²) in [7, 11) is 0. The first-order valence-electron chi connectivity index (χ1n) is 9.90. The summed E-state index contributed by atoms with van der Waals surface area (Å²) in [5.74, 6) is 0.581. The molecule has 3 heteroatoms. The van der Waals surface area contributed by atoms with E-state index in [0.717, 1.165) is 50.1 Å². The normalized spacial score (nSPS) is 10.9. The Labute approximate surface area is 176 Å². The van der Waals surface area contributed by atoms with Crippen molar-refractivity contribution in [2.24, 2.45) is 0 Å². The highest BCUT2D eigenvalue weighted by Gasteiger charge is 2.23. The van der Waals surface area contributed by atoms with Crippen LogP contribution >= 0.6 is 0 Å². The second kappa shape index (κ2) is 7.60. The van der Waals surface area contributed by atoms with E-state index in [2.05, 4.69) is 0 Å². The van der Waals surface area contributed by atoms with Gasteiger partial charge in [0.25, 0.3) is 0 Å². The van der Waals surface area contributed by atoms with Crippen LogP contribution in [0, 0.1) is 20.8 Å². The van der Waals surface area contributed by atoms with Crippen molar-refractivity contribution in [2.45, 2.75) is 20.8 Å². The second-order valence-electron chi connectivity index (χ2n) is 7.55. The summed E-state index contributed by atoms with van der Waals surface area (Å²) in [6.45, 7) is 6.04. The molecule has 0 bridgehead atoms. The quantitative estimate of drug-likeness (QED) is 0.360. The van der Waals surface area contributed by atoms with Crippen molar-refractivity contribution in [1.82, 2.24) is 0 Å². The van der Waals surface area contributed by atoms with Gasteiger partial charge in [0.1, 0.15) is 17.2 Å². The van der Waals surface area contributed by atoms with Crippen LogP contribution in [0.2, 0.25) is 0 Å². The number of hydrogen-bond donors (Lipinski definition) is 3. The number of phenols is 3. The van der Waals surface area contributed by atoms with Gasteiger partial charge in [-0.2, -0.15) is 0 Å². The fourth-order valence-electron chi connectivity index (χ4n) is 4.49. The fourth-order valence-corrected chi connectivity index (χ4v) is 4.49. The Kier molecular flexibility index (Phi) is 4.96. The average Bonchev–Trinajstić information content (AvgIpc) is 2.72. The highest BCUT2D eigenvalue weighted by molar-refractivity contribution is 5.94. The summed E-state index contributed by atoms with van der Waals surface area (Å²) in [5.41, 5.74) is 7.76. The minimum atomic E-state index is 0.194. The SMILES string of the molecule is Cc1c(-c2ccccc2O)c(C)c(-c2ccccc2O)c(C)c1-c1ccccc1O. The maximum absolute atomic E-state index is 10.6. The van der Waals surface area contributed by atoms with E-state index in [9.17, 15) is 15.3 Å². The van der Waals surface area contributed by atoms with Gasteiger partial charge in [0.2, 0.25) is 0 Å². The van der Waals surface area contributed by atoms with Gasteiger partial charge in [0.15, 0.2) is 0 Å². The van der Waals surface area contributed by atoms with Crippen molar-refractivity contribution in [1.29, 1.82) is 0 Å². The molecule has 4 aromatic rings. The number of rotatable bonds is 3. The summed E-state index contributed by atoms with van der Waals surface area (Å²) in [4.78, 5) is 0. The zero-order valence-corrected chi connectivity index (χ0v) is 17.3. The molecule has 30 heavy (non-hydrogen) atoms. The standard InChI is InChI=1S/C27H24O3/c1-16-25(19-10-4-7-13-22(19)28)17(2)27(21-12-6-9-15-24(21)30)18(3)26(16)20-11-5-8-14-23(20)29/h4-15,28-30H,1-3H3. The number of phenolic OH excluding ortho intramolecular Hbond substituents is 3. The van der Waals surface area contributed by atoms with E-state index < -0.39 is 0 Å². The molecule has 0 saturated carbocycles. The lowest BCUT2D eigenvalue weighted by molar-refractivity contribution is 0.477. The minimum Gasteiger partial charge on any atom is -0.507 e. The predicted octanol–water partition coefficient (Wildman–Crippen LogP) is 6.73. The van der Waals surface area contributed by atoms with Crippen LogP contribution in [0.1, 0.15) is 16.7 Å². The molecule has 3 nitrogen and oxygen atoms in total. The molecule has 0 heterocycles. The molecule has 0 aromatic heterocycles. The number of para-hydroxylation sites is 3. The summed E-state index contributed by atoms with van der Waals surface area (Å²) in [6.07, 6.45) is 0. The third-order valence-corrected chi connectivity index (χ3v) is 5.77. The van der Waals surface area contributed by atoms with Gasteiger partial charge in [-0.05, 0) is 72.4 Å². The molecule has 4 rings (SSSR count). The van der Waals surface area contributed by atoms with Gasteiger partial charge in [-0.25, -0.2) is 0 Å². The molecule has 0 aliphatic heterocycles. The number of benzene rings is 4. The van der Waals surface area contributed by atoms with E-state index >= 15 is 0 Å². The Balaban J connectivity index is 2.19. The van der Waals surface area contributed by atoms with E-state index in [1.807, 2.05) is 57.2 Å². The second-order valence-corrected chi connectivity index (χ2v) is 7.55. The molecule has 0 aliphatic carbocycles. The first-order valence-corrected chi connectivity index (χ1v) is 9.90. The van der Waals surface area contributed by atoms with Gasteiger partial charge in [-0.15, -0.1) is 0 Å². The molecular weight excluding hydrogens is 372 g/mol. The lowest BCUT2D eigenvalue weighted by atomic mass is 9.80. The van der Waals surface area contributed by atoms with Crippen LogP contribution in [0.25, 0.3) is 33.4 Å². The Morgan fingerprint density at radius 1 is 0.400 bits per heavy atom. The molecule has 0 unspecified atom stereocenters. The molecule has 0 amide bonds. The fraction of sp³-hybridized carbons (Fsp3) is 0.111. The smallest absolute Gasteiger partial charge is 0.123 e. The van der Waals surface area contributed by atoms with Crippen LogP contribution in [0.3, 0.4) is 0 Å². The third-order valence-electron chi connectivity index (χ3n) is 5.77. The van der Waals surface area contributed by atoms with Gasteiger partial charge < -0.3 is 15.3 Å². The van der Waals surface area contributed by atoms with Crippen molar-refractivity contribution >= 4 is 0 Å². The van der Waals surface area contributed by atoms with Crippen molar-refractivity contribution in [3.8, 4) is 50.6 Å². The van der Waals surface area contributed by atoms with Crippen molar-refractivity contribution in [3.05, 3.63) is 89.5 Å². The van der Waals surface area contributed by atoms with Crippen molar-refractivity contribution < 1.29 is 15.3 Å². The van der Waals surface area contributed by atoms with Crippen molar-refractivity contribution in [2.75, 3.05) is 0 Å². The summed E-state index contributed by atoms with van der Waals surface area (Å²) < 4.78 is 0. The van der Waals surface area contributed by atoms with Crippen LogP contribution < -0.4 is 0 Å². The maximum atomic E-state index is 10.6. The lowest BCUT2D eigenvalue weighted by Crippen LogP contribution is -2.01. The monoisotopic (exact) mass is 396 g/mol. The molecular formula is C27H24O3. The van der Waals surface area contributed by atoms with Crippen molar-refractivity contribution in [3.63, 3.8) is 0 Å². The molecule has 0 atom stereocenters. The Morgan fingerprint density at radius 2 is 0.633 bits per heavy atom. The largest absolute Gasteiger partial charge is 0.507 e. The van der Waals surface area contributed by atoms with E-state index in [1.54, 1.807) is 36.4 Å². The predicted molar refractivity (Wildman–Crippen MR) is 122 cm³/mol. The van der Waals surface area contributed by atoms with Gasteiger partial charge >= 0.3 is 0 Å². The molecule has 3 N–H and O–H groups in total. The van der Waals surface area contributed by atoms with E-state index in [-0.39, 0.29) is 17.2 Å². The Bertz CT molecular complexity index is 1080. The minimum absolute atomic E-state index is 0.194. The highest BCUT2D eigenvalue weighted by atomic mass is 16.3. The zero-order valence-electron chi connectivity index (χ0n) is 17.3. The first-order chi connectivity index (χ1) is 14.4. The summed E-state index contributed by atoms with van der Waals surface area (Å²) in [6, 6.07) is 21.8. The van der Waals surface area contributed by atoms with Gasteiger partial charge in [0, 0.05) is 16.7 Å². The summed E-state index contributed by atoms with van der Waals surface area (Å²) in [5, 5.41) is 31.8. The first kappa shape index (κ1) is 19.6. The van der Waals surface area contributed by atoms with Crippen LogP contribution in [0.15, 0.2) is 72.8 Å². The van der Waals surface area contributed by atoms with Crippen LogP contribution in [0.4, 0.5) is 0 Å². The molecule has 0 saturated heterocycles. The Morgan fingerprint density at radius 3 is 0.867 bits per heavy atom. The highest BCUT2D eigenvalue weighted by Crippen LogP contribution is 2.48. The molecule has 0 aliphatic rings. The average molecular weight is 396 g/mol. The zero-order chi connectivity index (χ0) is 21.4. The number of aromatic hydroxyl groups is 3. The third kappa shape index (κ3) is 3.09. The summed E-state index contributed by atoms with van der Waals surface area (Å²) >= 11 is 0. The maximum Gasteiger partial charge on any atom is 0.123 e. The van der Waals surface area contributed by atoms with Crippen LogP contribution in [-0.4, -0.2) is 15.3 Å². The van der Waals surface area contributed by atoms with E-state index in [4.69, 9.17) is 0 Å². The topological polar surface area (TPSA) is 60.7 Å². The van der Waals surface area contributed by atoms with Crippen LogP contribution in [-0.2, 0) is 0 Å². The van der Waals surface area contributed by atoms with Gasteiger partial charge in [-0.3, -0.25) is 0 Å². The molecule has 0 radical (unpaired) electrons. The van der Waals surface area contributed by atoms with Gasteiger partial charge in [-0.1, -0.05) is 54.6 Å². The Hall–Kier alpha value is -3.72. The van der Waals surface area contributed by atoms with Crippen LogP contribution in [0.5, 0.6) is 17.2 Å². The molecule has 0 spiro atoms. The molecule has 150 valence electrons. The molecule has 4 aromatic carbocycles.